The highest BCUT2D eigenvalue weighted by Gasteiger charge is 2.53. The van der Waals surface area contributed by atoms with E-state index in [0.29, 0.717) is 37.1 Å². The van der Waals surface area contributed by atoms with Gasteiger partial charge in [0.25, 0.3) is 0 Å². The van der Waals surface area contributed by atoms with Gasteiger partial charge in [-0.1, -0.05) is 0 Å². The zero-order valence-electron chi connectivity index (χ0n) is 19.3. The third kappa shape index (κ3) is 5.06. The number of fused-ring (bicyclic) bond motifs is 2. The molecule has 31 heavy (non-hydrogen) atoms. The quantitative estimate of drug-likeness (QED) is 0.669. The number of nitrogens with zero attached hydrogens (tertiary/aromatic N) is 1. The molecule has 3 unspecified atom stereocenters. The zero-order chi connectivity index (χ0) is 21.1. The summed E-state index contributed by atoms with van der Waals surface area (Å²) in [5, 5.41) is 6.44. The summed E-state index contributed by atoms with van der Waals surface area (Å²) in [5.74, 6) is 2.22. The zero-order valence-corrected chi connectivity index (χ0v) is 20.1. The minimum atomic E-state index is -0.365. The van der Waals surface area contributed by atoms with Crippen LogP contribution in [0.15, 0.2) is 0 Å². The Hall–Kier alpha value is -0.850. The van der Waals surface area contributed by atoms with Crippen LogP contribution in [0.25, 0.3) is 0 Å². The first-order valence-corrected chi connectivity index (χ1v) is 12.2. The molecule has 2 aliphatic carbocycles. The number of rotatable bonds is 5. The van der Waals surface area contributed by atoms with Crippen LogP contribution in [-0.2, 0) is 14.3 Å². The second kappa shape index (κ2) is 8.49. The molecule has 2 N–H and O–H groups in total. The number of halogens is 1. The molecule has 4 saturated heterocycles. The summed E-state index contributed by atoms with van der Waals surface area (Å²) >= 11 is 0. The van der Waals surface area contributed by atoms with Crippen molar-refractivity contribution in [2.75, 3.05) is 6.54 Å². The topological polar surface area (TPSA) is 70.7 Å². The Bertz CT molecular complexity index is 657. The third-order valence-corrected chi connectivity index (χ3v) is 8.15. The molecule has 0 aromatic carbocycles. The number of hydrogen-bond donors (Lipinski definition) is 2. The van der Waals surface area contributed by atoms with E-state index < -0.39 is 0 Å². The predicted octanol–water partition coefficient (Wildman–Crippen LogP) is 3.38. The lowest BCUT2D eigenvalue weighted by molar-refractivity contribution is -0.233. The maximum absolute atomic E-state index is 13.0. The molecule has 0 spiro atoms. The van der Waals surface area contributed by atoms with Crippen molar-refractivity contribution < 1.29 is 14.3 Å². The van der Waals surface area contributed by atoms with Gasteiger partial charge >= 0.3 is 0 Å². The number of ether oxygens (including phenoxy) is 1. The van der Waals surface area contributed by atoms with Gasteiger partial charge in [-0.2, -0.15) is 0 Å². The van der Waals surface area contributed by atoms with Crippen molar-refractivity contribution in [1.29, 1.82) is 0 Å². The van der Waals surface area contributed by atoms with E-state index in [2.05, 4.69) is 15.5 Å². The van der Waals surface area contributed by atoms with E-state index in [0.717, 1.165) is 50.4 Å². The van der Waals surface area contributed by atoms with Crippen LogP contribution in [-0.4, -0.2) is 52.7 Å². The third-order valence-electron chi connectivity index (χ3n) is 8.15. The summed E-state index contributed by atoms with van der Waals surface area (Å²) in [7, 11) is 0. The Labute approximate surface area is 193 Å². The molecule has 7 heteroatoms. The Morgan fingerprint density at radius 2 is 1.58 bits per heavy atom. The first kappa shape index (κ1) is 23.3. The molecule has 0 aromatic rings. The van der Waals surface area contributed by atoms with E-state index in [1.54, 1.807) is 0 Å². The molecular formula is C24H40ClN3O3. The highest BCUT2D eigenvalue weighted by molar-refractivity contribution is 5.85. The van der Waals surface area contributed by atoms with E-state index >= 15 is 0 Å². The van der Waals surface area contributed by atoms with Crippen LogP contribution < -0.4 is 10.6 Å². The Morgan fingerprint density at radius 3 is 2.13 bits per heavy atom. The SMILES string of the molecule is CC(C)(C)NC(=O)CN1[C@@H]2CC[C@H]1CC(CC(=O)NC13CC4CC(CC(C4)O1)C3)C2.Cl. The van der Waals surface area contributed by atoms with E-state index in [1.165, 1.54) is 19.3 Å². The normalized spacial score (nSPS) is 41.0. The van der Waals surface area contributed by atoms with Crippen LogP contribution in [0, 0.1) is 17.8 Å². The standard InChI is InChI=1S/C24H39N3O3.ClH/c1-23(2,3)25-22(29)14-27-18-4-5-19(27)8-15(7-18)11-21(28)26-24-12-16-6-17(13-24)10-20(9-16)30-24;/h15-20H,4-14H2,1-3H3,(H,25,29)(H,26,28);1H/t15?,16?,17?,18-,19+,20?,24?;. The molecule has 2 amide bonds. The summed E-state index contributed by atoms with van der Waals surface area (Å²) < 4.78 is 6.34. The van der Waals surface area contributed by atoms with E-state index in [1.807, 2.05) is 20.8 Å². The lowest BCUT2D eigenvalue weighted by Gasteiger charge is -2.56. The average molecular weight is 454 g/mol. The molecule has 4 aliphatic heterocycles. The molecular weight excluding hydrogens is 414 g/mol. The Balaban J connectivity index is 0.00000231. The second-order valence-electron chi connectivity index (χ2n) is 12.0. The largest absolute Gasteiger partial charge is 0.353 e. The first-order chi connectivity index (χ1) is 14.2. The molecule has 6 nitrogen and oxygen atoms in total. The summed E-state index contributed by atoms with van der Waals surface area (Å²) in [5.41, 5.74) is -0.553. The van der Waals surface area contributed by atoms with E-state index in [9.17, 15) is 9.59 Å². The average Bonchev–Trinajstić information content (AvgIpc) is 2.81. The lowest BCUT2D eigenvalue weighted by Crippen LogP contribution is -2.63. The fraction of sp³-hybridized carbons (Fsp3) is 0.917. The van der Waals surface area contributed by atoms with Crippen LogP contribution >= 0.6 is 12.4 Å². The number of carbonyl (C=O) groups is 2. The van der Waals surface area contributed by atoms with Crippen molar-refractivity contribution >= 4 is 24.2 Å². The van der Waals surface area contributed by atoms with Gasteiger partial charge in [0, 0.05) is 24.0 Å². The van der Waals surface area contributed by atoms with Crippen LogP contribution in [0.5, 0.6) is 0 Å². The predicted molar refractivity (Wildman–Crippen MR) is 122 cm³/mol. The van der Waals surface area contributed by atoms with Gasteiger partial charge in [-0.05, 0) is 96.3 Å². The van der Waals surface area contributed by atoms with Gasteiger partial charge in [-0.25, -0.2) is 0 Å². The number of carbonyl (C=O) groups excluding carboxylic acids is 2. The van der Waals surface area contributed by atoms with Crippen molar-refractivity contribution in [3.8, 4) is 0 Å². The summed E-state index contributed by atoms with van der Waals surface area (Å²) in [6.45, 7) is 6.57. The molecule has 6 bridgehead atoms. The maximum atomic E-state index is 13.0. The first-order valence-electron chi connectivity index (χ1n) is 12.2. The number of nitrogens with one attached hydrogen (secondary N) is 2. The minimum Gasteiger partial charge on any atom is -0.353 e. The van der Waals surface area contributed by atoms with Crippen molar-refractivity contribution in [3.05, 3.63) is 0 Å². The van der Waals surface area contributed by atoms with Crippen molar-refractivity contribution in [2.24, 2.45) is 17.8 Å². The van der Waals surface area contributed by atoms with Crippen LogP contribution in [0.4, 0.5) is 0 Å². The lowest BCUT2D eigenvalue weighted by atomic mass is 9.65. The van der Waals surface area contributed by atoms with Crippen LogP contribution in [0.1, 0.15) is 85.0 Å². The number of hydrogen-bond acceptors (Lipinski definition) is 4. The molecule has 6 aliphatic rings. The summed E-state index contributed by atoms with van der Waals surface area (Å²) in [4.78, 5) is 27.8. The fourth-order valence-electron chi connectivity index (χ4n) is 7.50. The molecule has 5 atom stereocenters. The van der Waals surface area contributed by atoms with Crippen molar-refractivity contribution in [1.82, 2.24) is 15.5 Å². The van der Waals surface area contributed by atoms with Crippen molar-refractivity contribution in [3.63, 3.8) is 0 Å². The highest BCUT2D eigenvalue weighted by atomic mass is 35.5. The van der Waals surface area contributed by atoms with Gasteiger partial charge in [-0.3, -0.25) is 14.5 Å². The molecule has 0 aromatic heterocycles. The van der Waals surface area contributed by atoms with Gasteiger partial charge in [0.05, 0.1) is 12.6 Å². The fourth-order valence-corrected chi connectivity index (χ4v) is 7.50. The minimum absolute atomic E-state index is 0. The molecule has 176 valence electrons. The highest BCUT2D eigenvalue weighted by Crippen LogP contribution is 2.52. The Kier molecular flexibility index (Phi) is 6.39. The van der Waals surface area contributed by atoms with Gasteiger partial charge in [0.1, 0.15) is 5.72 Å². The molecule has 4 heterocycles. The Morgan fingerprint density at radius 1 is 0.968 bits per heavy atom. The van der Waals surface area contributed by atoms with Gasteiger partial charge in [0.2, 0.25) is 11.8 Å². The van der Waals surface area contributed by atoms with Gasteiger partial charge < -0.3 is 15.4 Å². The number of piperidine rings is 1. The molecule has 6 rings (SSSR count). The van der Waals surface area contributed by atoms with E-state index in [4.69, 9.17) is 4.74 Å². The van der Waals surface area contributed by atoms with Gasteiger partial charge in [-0.15, -0.1) is 12.4 Å². The van der Waals surface area contributed by atoms with E-state index in [-0.39, 0.29) is 35.5 Å². The van der Waals surface area contributed by atoms with Crippen molar-refractivity contribution in [2.45, 2.75) is 114 Å². The molecule has 2 saturated carbocycles. The number of amides is 2. The second-order valence-corrected chi connectivity index (χ2v) is 12.0. The summed E-state index contributed by atoms with van der Waals surface area (Å²) in [6.07, 6.45) is 11.1. The summed E-state index contributed by atoms with van der Waals surface area (Å²) in [6, 6.07) is 0.895. The smallest absolute Gasteiger partial charge is 0.234 e. The van der Waals surface area contributed by atoms with Crippen LogP contribution in [0.3, 0.4) is 0 Å². The van der Waals surface area contributed by atoms with Crippen LogP contribution in [0.2, 0.25) is 0 Å². The molecule has 0 radical (unpaired) electrons. The monoisotopic (exact) mass is 453 g/mol. The molecule has 6 fully saturated rings. The maximum Gasteiger partial charge on any atom is 0.234 e. The van der Waals surface area contributed by atoms with Gasteiger partial charge in [0.15, 0.2) is 0 Å².